The minimum absolute atomic E-state index is 0.179. The van der Waals surface area contributed by atoms with Crippen molar-refractivity contribution in [2.75, 3.05) is 0 Å². The zero-order chi connectivity index (χ0) is 13.1. The molecule has 0 radical (unpaired) electrons. The molecule has 0 aliphatic rings. The van der Waals surface area contributed by atoms with Crippen molar-refractivity contribution in [3.8, 4) is 0 Å². The van der Waals surface area contributed by atoms with Crippen molar-refractivity contribution in [2.24, 2.45) is 5.73 Å². The highest BCUT2D eigenvalue weighted by molar-refractivity contribution is 6.17. The van der Waals surface area contributed by atoms with E-state index in [0.29, 0.717) is 0 Å². The van der Waals surface area contributed by atoms with E-state index in [2.05, 4.69) is 0 Å². The summed E-state index contributed by atoms with van der Waals surface area (Å²) in [5, 5.41) is 9.02. The molecule has 0 spiro atoms. The lowest BCUT2D eigenvalue weighted by molar-refractivity contribution is -0.143. The van der Waals surface area contributed by atoms with Crippen LogP contribution in [-0.4, -0.2) is 28.2 Å². The Kier molecular flexibility index (Phi) is 3.75. The van der Waals surface area contributed by atoms with Crippen LogP contribution in [0.25, 0.3) is 0 Å². The van der Waals surface area contributed by atoms with Crippen molar-refractivity contribution in [1.82, 2.24) is 0 Å². The maximum atomic E-state index is 12.0. The number of carbonyl (C=O) groups excluding carboxylic acids is 2. The van der Waals surface area contributed by atoms with Gasteiger partial charge < -0.3 is 10.8 Å². The standard InChI is InChI=1S/C12H13NO4/c1-8(14)7-12(13,11(16)17)10(15)9-5-3-2-4-6-9/h2-6H,7,13H2,1H3,(H,16,17). The van der Waals surface area contributed by atoms with E-state index in [4.69, 9.17) is 10.8 Å². The molecule has 0 saturated heterocycles. The Morgan fingerprint density at radius 1 is 1.24 bits per heavy atom. The van der Waals surface area contributed by atoms with Gasteiger partial charge in [-0.25, -0.2) is 4.79 Å². The molecule has 90 valence electrons. The van der Waals surface area contributed by atoms with Gasteiger partial charge in [-0.3, -0.25) is 9.59 Å². The van der Waals surface area contributed by atoms with Gasteiger partial charge in [0.05, 0.1) is 0 Å². The zero-order valence-corrected chi connectivity index (χ0v) is 9.34. The van der Waals surface area contributed by atoms with Crippen molar-refractivity contribution in [2.45, 2.75) is 18.9 Å². The summed E-state index contributed by atoms with van der Waals surface area (Å²) < 4.78 is 0. The number of hydrogen-bond donors (Lipinski definition) is 2. The second kappa shape index (κ2) is 4.88. The summed E-state index contributed by atoms with van der Waals surface area (Å²) in [6.45, 7) is 1.20. The summed E-state index contributed by atoms with van der Waals surface area (Å²) >= 11 is 0. The number of carboxylic acid groups (broad SMARTS) is 1. The smallest absolute Gasteiger partial charge is 0.332 e. The molecule has 1 aromatic carbocycles. The molecule has 0 fully saturated rings. The number of aliphatic carboxylic acids is 1. The van der Waals surface area contributed by atoms with E-state index in [-0.39, 0.29) is 5.56 Å². The maximum absolute atomic E-state index is 12.0. The zero-order valence-electron chi connectivity index (χ0n) is 9.34. The molecule has 1 aromatic rings. The Morgan fingerprint density at radius 2 is 1.76 bits per heavy atom. The maximum Gasteiger partial charge on any atom is 0.332 e. The van der Waals surface area contributed by atoms with Crippen LogP contribution in [0, 0.1) is 0 Å². The topological polar surface area (TPSA) is 97.5 Å². The van der Waals surface area contributed by atoms with Gasteiger partial charge in [-0.2, -0.15) is 0 Å². The van der Waals surface area contributed by atoms with Crippen molar-refractivity contribution in [1.29, 1.82) is 0 Å². The van der Waals surface area contributed by atoms with Crippen molar-refractivity contribution < 1.29 is 19.5 Å². The summed E-state index contributed by atoms with van der Waals surface area (Å²) in [5.74, 6) is -2.71. The Morgan fingerprint density at radius 3 is 2.18 bits per heavy atom. The van der Waals surface area contributed by atoms with Gasteiger partial charge in [-0.1, -0.05) is 30.3 Å². The van der Waals surface area contributed by atoms with Crippen LogP contribution in [0.4, 0.5) is 0 Å². The van der Waals surface area contributed by atoms with Crippen LogP contribution in [0.5, 0.6) is 0 Å². The third-order valence-corrected chi connectivity index (χ3v) is 2.35. The first kappa shape index (κ1) is 13.1. The number of nitrogens with two attached hydrogens (primary N) is 1. The monoisotopic (exact) mass is 235 g/mol. The highest BCUT2D eigenvalue weighted by Crippen LogP contribution is 2.16. The molecule has 0 aliphatic heterocycles. The van der Waals surface area contributed by atoms with Gasteiger partial charge in [-0.05, 0) is 6.92 Å². The lowest BCUT2D eigenvalue weighted by Crippen LogP contribution is -2.56. The summed E-state index contributed by atoms with van der Waals surface area (Å²) in [5.41, 5.74) is 3.54. The van der Waals surface area contributed by atoms with Crippen LogP contribution in [0.1, 0.15) is 23.7 Å². The summed E-state index contributed by atoms with van der Waals surface area (Å²) in [4.78, 5) is 34.1. The van der Waals surface area contributed by atoms with Gasteiger partial charge in [0, 0.05) is 12.0 Å². The molecule has 5 nitrogen and oxygen atoms in total. The number of carbonyl (C=O) groups is 3. The summed E-state index contributed by atoms with van der Waals surface area (Å²) in [7, 11) is 0. The van der Waals surface area contributed by atoms with E-state index in [1.54, 1.807) is 18.2 Å². The molecule has 1 atom stereocenters. The first-order valence-corrected chi connectivity index (χ1v) is 4.99. The minimum atomic E-state index is -2.19. The highest BCUT2D eigenvalue weighted by atomic mass is 16.4. The predicted octanol–water partition coefficient (Wildman–Crippen LogP) is 0.630. The quantitative estimate of drug-likeness (QED) is 0.576. The lowest BCUT2D eigenvalue weighted by atomic mass is 9.86. The second-order valence-corrected chi connectivity index (χ2v) is 3.85. The van der Waals surface area contributed by atoms with Gasteiger partial charge in [-0.15, -0.1) is 0 Å². The Balaban J connectivity index is 3.12. The third-order valence-electron chi connectivity index (χ3n) is 2.35. The molecule has 0 aromatic heterocycles. The third kappa shape index (κ3) is 2.76. The molecular formula is C12H13NO4. The van der Waals surface area contributed by atoms with Gasteiger partial charge in [0.15, 0.2) is 11.3 Å². The molecule has 1 unspecified atom stereocenters. The Hall–Kier alpha value is -2.01. The van der Waals surface area contributed by atoms with E-state index in [1.807, 2.05) is 0 Å². The van der Waals surface area contributed by atoms with Crippen molar-refractivity contribution in [3.05, 3.63) is 35.9 Å². The second-order valence-electron chi connectivity index (χ2n) is 3.85. The van der Waals surface area contributed by atoms with Gasteiger partial charge >= 0.3 is 5.97 Å². The average Bonchev–Trinajstić information content (AvgIpc) is 2.28. The predicted molar refractivity (Wildman–Crippen MR) is 60.6 cm³/mol. The average molecular weight is 235 g/mol. The van der Waals surface area contributed by atoms with Crippen molar-refractivity contribution >= 4 is 17.5 Å². The number of carboxylic acids is 1. The lowest BCUT2D eigenvalue weighted by Gasteiger charge is -2.21. The first-order valence-electron chi connectivity index (χ1n) is 4.99. The number of hydrogen-bond acceptors (Lipinski definition) is 4. The highest BCUT2D eigenvalue weighted by Gasteiger charge is 2.43. The van der Waals surface area contributed by atoms with Crippen LogP contribution in [0.15, 0.2) is 30.3 Å². The van der Waals surface area contributed by atoms with Crippen molar-refractivity contribution in [3.63, 3.8) is 0 Å². The fourth-order valence-electron chi connectivity index (χ4n) is 1.49. The normalized spacial score (nSPS) is 13.8. The van der Waals surface area contributed by atoms with Gasteiger partial charge in [0.2, 0.25) is 0 Å². The molecule has 0 amide bonds. The van der Waals surface area contributed by atoms with E-state index >= 15 is 0 Å². The molecule has 17 heavy (non-hydrogen) atoms. The van der Waals surface area contributed by atoms with Crippen LogP contribution in [0.2, 0.25) is 0 Å². The Labute approximate surface area is 98.2 Å². The number of ketones is 2. The van der Waals surface area contributed by atoms with E-state index in [0.717, 1.165) is 0 Å². The SMILES string of the molecule is CC(=O)CC(N)(C(=O)O)C(=O)c1ccccc1. The van der Waals surface area contributed by atoms with Gasteiger partial charge in [0.1, 0.15) is 5.78 Å². The largest absolute Gasteiger partial charge is 0.480 e. The minimum Gasteiger partial charge on any atom is -0.480 e. The van der Waals surface area contributed by atoms with Crippen LogP contribution in [-0.2, 0) is 9.59 Å². The summed E-state index contributed by atoms with van der Waals surface area (Å²) in [6.07, 6.45) is -0.518. The molecule has 1 rings (SSSR count). The number of Topliss-reactive ketones (excluding diaryl/α,β-unsaturated/α-hetero) is 2. The molecule has 0 aliphatic carbocycles. The molecule has 3 N–H and O–H groups in total. The van der Waals surface area contributed by atoms with Crippen LogP contribution < -0.4 is 5.73 Å². The number of benzene rings is 1. The van der Waals surface area contributed by atoms with Crippen LogP contribution >= 0.6 is 0 Å². The molecular weight excluding hydrogens is 222 g/mol. The van der Waals surface area contributed by atoms with E-state index < -0.39 is 29.5 Å². The molecule has 5 heteroatoms. The molecule has 0 bridgehead atoms. The van der Waals surface area contributed by atoms with Gasteiger partial charge in [0.25, 0.3) is 0 Å². The number of rotatable bonds is 5. The first-order chi connectivity index (χ1) is 7.88. The van der Waals surface area contributed by atoms with E-state index in [9.17, 15) is 14.4 Å². The fraction of sp³-hybridized carbons (Fsp3) is 0.250. The van der Waals surface area contributed by atoms with E-state index in [1.165, 1.54) is 19.1 Å². The summed E-state index contributed by atoms with van der Waals surface area (Å²) in [6, 6.07) is 7.83. The fourth-order valence-corrected chi connectivity index (χ4v) is 1.49. The molecule has 0 saturated carbocycles. The van der Waals surface area contributed by atoms with Crippen LogP contribution in [0.3, 0.4) is 0 Å². The molecule has 0 heterocycles. The Bertz CT molecular complexity index is 455.